The number of aliphatic hydroxyl groups excluding tert-OH is 2. The van der Waals surface area contributed by atoms with Crippen LogP contribution in [0.5, 0.6) is 0 Å². The Kier molecular flexibility index (Phi) is 7.56. The Morgan fingerprint density at radius 2 is 1.76 bits per heavy atom. The van der Waals surface area contributed by atoms with Crippen LogP contribution in [-0.4, -0.2) is 52.4 Å². The molecule has 0 spiro atoms. The van der Waals surface area contributed by atoms with Crippen LogP contribution in [0.4, 0.5) is 0 Å². The van der Waals surface area contributed by atoms with E-state index >= 15 is 0 Å². The van der Waals surface area contributed by atoms with E-state index < -0.39 is 59.0 Å². The Bertz CT molecular complexity index is 1190. The maximum absolute atomic E-state index is 13.0. The van der Waals surface area contributed by atoms with Crippen molar-refractivity contribution < 1.29 is 34.1 Å². The van der Waals surface area contributed by atoms with Crippen molar-refractivity contribution in [2.75, 3.05) is 0 Å². The number of Topliss-reactive ketones (excluding diaryl/α,β-unsaturated/α-hetero) is 1. The van der Waals surface area contributed by atoms with E-state index in [-0.39, 0.29) is 12.2 Å². The van der Waals surface area contributed by atoms with Crippen molar-refractivity contribution >= 4 is 23.8 Å². The molecule has 0 aromatic heterocycles. The van der Waals surface area contributed by atoms with Crippen LogP contribution in [0.15, 0.2) is 59.7 Å². The van der Waals surface area contributed by atoms with E-state index in [0.717, 1.165) is 5.56 Å². The average molecular weight is 523 g/mol. The second kappa shape index (κ2) is 10.3. The number of hydrogen-bond donors (Lipinski definition) is 2. The van der Waals surface area contributed by atoms with E-state index in [9.17, 15) is 24.6 Å². The van der Waals surface area contributed by atoms with E-state index in [1.165, 1.54) is 13.0 Å². The Morgan fingerprint density at radius 1 is 1.11 bits per heavy atom. The van der Waals surface area contributed by atoms with Crippen LogP contribution >= 0.6 is 0 Å². The number of hydrogen-bond acceptors (Lipinski definition) is 7. The minimum absolute atomic E-state index is 0.124. The molecular formula is C31H38O7. The van der Waals surface area contributed by atoms with Gasteiger partial charge >= 0.3 is 11.9 Å². The van der Waals surface area contributed by atoms with Gasteiger partial charge in [-0.05, 0) is 53.5 Å². The monoisotopic (exact) mass is 522 g/mol. The lowest BCUT2D eigenvalue weighted by molar-refractivity contribution is -0.187. The van der Waals surface area contributed by atoms with Crippen molar-refractivity contribution in [3.8, 4) is 0 Å². The third-order valence-electron chi connectivity index (χ3n) is 9.07. The number of fused-ring (bicyclic) bond motifs is 3. The molecule has 0 aliphatic heterocycles. The number of ketones is 1. The van der Waals surface area contributed by atoms with Gasteiger partial charge in [0.2, 0.25) is 0 Å². The van der Waals surface area contributed by atoms with Gasteiger partial charge in [0.25, 0.3) is 0 Å². The number of esters is 2. The first kappa shape index (κ1) is 28.0. The summed E-state index contributed by atoms with van der Waals surface area (Å²) in [6, 6.07) is 9.38. The Morgan fingerprint density at radius 3 is 2.39 bits per heavy atom. The summed E-state index contributed by atoms with van der Waals surface area (Å²) in [6.07, 6.45) is -0.0377. The number of carbonyl (C=O) groups excluding carboxylic acids is 3. The van der Waals surface area contributed by atoms with Gasteiger partial charge in [-0.2, -0.15) is 0 Å². The van der Waals surface area contributed by atoms with Crippen molar-refractivity contribution in [1.82, 2.24) is 0 Å². The zero-order valence-corrected chi connectivity index (χ0v) is 22.8. The van der Waals surface area contributed by atoms with Gasteiger partial charge in [0.1, 0.15) is 18.3 Å². The van der Waals surface area contributed by atoms with Crippen LogP contribution in [0.25, 0.3) is 6.08 Å². The molecular weight excluding hydrogens is 484 g/mol. The predicted molar refractivity (Wildman–Crippen MR) is 142 cm³/mol. The van der Waals surface area contributed by atoms with Crippen LogP contribution in [0.2, 0.25) is 0 Å². The van der Waals surface area contributed by atoms with Gasteiger partial charge in [-0.15, -0.1) is 0 Å². The predicted octanol–water partition coefficient (Wildman–Crippen LogP) is 4.18. The third kappa shape index (κ3) is 4.78. The van der Waals surface area contributed by atoms with Gasteiger partial charge in [0, 0.05) is 36.7 Å². The summed E-state index contributed by atoms with van der Waals surface area (Å²) in [7, 11) is 0. The fourth-order valence-corrected chi connectivity index (χ4v) is 7.09. The van der Waals surface area contributed by atoms with Gasteiger partial charge in [0.15, 0.2) is 5.78 Å². The quantitative estimate of drug-likeness (QED) is 0.347. The molecule has 1 aromatic rings. The molecule has 2 fully saturated rings. The maximum Gasteiger partial charge on any atom is 0.331 e. The number of allylic oxidation sites excluding steroid dienone is 1. The zero-order valence-electron chi connectivity index (χ0n) is 22.8. The molecule has 0 unspecified atom stereocenters. The first-order valence-electron chi connectivity index (χ1n) is 13.2. The highest BCUT2D eigenvalue weighted by molar-refractivity contribution is 5.97. The number of rotatable bonds is 4. The Hall–Kier alpha value is -3.03. The third-order valence-corrected chi connectivity index (χ3v) is 9.07. The van der Waals surface area contributed by atoms with Crippen molar-refractivity contribution in [1.29, 1.82) is 0 Å². The summed E-state index contributed by atoms with van der Waals surface area (Å²) in [5, 5.41) is 23.7. The fourth-order valence-electron chi connectivity index (χ4n) is 7.09. The number of benzene rings is 1. The molecule has 4 rings (SSSR count). The van der Waals surface area contributed by atoms with Gasteiger partial charge in [-0.25, -0.2) is 4.79 Å². The molecule has 204 valence electrons. The lowest BCUT2D eigenvalue weighted by Crippen LogP contribution is -2.62. The van der Waals surface area contributed by atoms with Gasteiger partial charge < -0.3 is 19.7 Å². The number of carbonyl (C=O) groups is 3. The van der Waals surface area contributed by atoms with Crippen molar-refractivity contribution in [3.05, 3.63) is 65.3 Å². The minimum Gasteiger partial charge on any atom is -0.459 e. The number of ether oxygens (including phenoxy) is 2. The molecule has 3 aliphatic rings. The van der Waals surface area contributed by atoms with Crippen LogP contribution < -0.4 is 0 Å². The SMILES string of the molecule is C=C1[C@@H](OC(=O)/C=C/c2ccccc2)CC[C@@]2(C)[C@@H](OC(C)=O)[C@H](O)C3=C(C)C(=O)C[C@H]([C@@H](O)[C@H]12)C3(C)C. The highest BCUT2D eigenvalue weighted by Crippen LogP contribution is 2.59. The summed E-state index contributed by atoms with van der Waals surface area (Å²) < 4.78 is 11.6. The molecule has 0 heterocycles. The molecule has 7 nitrogen and oxygen atoms in total. The Labute approximate surface area is 224 Å². The first-order valence-corrected chi connectivity index (χ1v) is 13.2. The molecule has 2 N–H and O–H groups in total. The fraction of sp³-hybridized carbons (Fsp3) is 0.516. The molecule has 2 bridgehead atoms. The summed E-state index contributed by atoms with van der Waals surface area (Å²) in [4.78, 5) is 38.0. The van der Waals surface area contributed by atoms with Crippen molar-refractivity contribution in [3.63, 3.8) is 0 Å². The lowest BCUT2D eigenvalue weighted by Gasteiger charge is -2.58. The molecule has 0 saturated heterocycles. The van der Waals surface area contributed by atoms with Crippen LogP contribution in [0, 0.1) is 22.7 Å². The van der Waals surface area contributed by atoms with Crippen LogP contribution in [-0.2, 0) is 23.9 Å². The second-order valence-electron chi connectivity index (χ2n) is 11.7. The highest BCUT2D eigenvalue weighted by atomic mass is 16.6. The second-order valence-corrected chi connectivity index (χ2v) is 11.7. The summed E-state index contributed by atoms with van der Waals surface area (Å²) in [5.74, 6) is -2.44. The van der Waals surface area contributed by atoms with Gasteiger partial charge in [0.05, 0.1) is 6.10 Å². The lowest BCUT2D eigenvalue weighted by atomic mass is 9.49. The topological polar surface area (TPSA) is 110 Å². The molecule has 0 amide bonds. The van der Waals surface area contributed by atoms with E-state index in [0.29, 0.717) is 29.6 Å². The molecule has 7 heteroatoms. The van der Waals surface area contributed by atoms with Gasteiger partial charge in [-0.1, -0.05) is 57.7 Å². The molecule has 2 saturated carbocycles. The maximum atomic E-state index is 13.0. The van der Waals surface area contributed by atoms with Crippen LogP contribution in [0.1, 0.15) is 59.4 Å². The molecule has 38 heavy (non-hydrogen) atoms. The smallest absolute Gasteiger partial charge is 0.331 e. The molecule has 7 atom stereocenters. The average Bonchev–Trinajstić information content (AvgIpc) is 2.85. The summed E-state index contributed by atoms with van der Waals surface area (Å²) >= 11 is 0. The van der Waals surface area contributed by atoms with Crippen LogP contribution in [0.3, 0.4) is 0 Å². The molecule has 0 radical (unpaired) electrons. The molecule has 1 aromatic carbocycles. The van der Waals surface area contributed by atoms with E-state index in [4.69, 9.17) is 9.47 Å². The summed E-state index contributed by atoms with van der Waals surface area (Å²) in [6.45, 7) is 12.9. The normalized spacial score (nSPS) is 34.8. The van der Waals surface area contributed by atoms with E-state index in [1.54, 1.807) is 13.0 Å². The zero-order chi connectivity index (χ0) is 28.0. The standard InChI is InChI=1S/C31H38O7/c1-17-22(33)16-21-27(35)26-18(2)23(38-24(34)13-12-20-10-8-7-9-11-20)14-15-31(26,6)29(37-19(3)32)28(36)25(17)30(21,4)5/h7-13,21,23,26-29,35-36H,2,14-16H2,1,3-6H3/b13-12+/t21-,23+,26+,27-,28-,29+,31-/m1/s1. The Balaban J connectivity index is 1.71. The van der Waals surface area contributed by atoms with Gasteiger partial charge in [-0.3, -0.25) is 9.59 Å². The molecule has 3 aliphatic carbocycles. The first-order chi connectivity index (χ1) is 17.8. The van der Waals surface area contributed by atoms with E-state index in [2.05, 4.69) is 6.58 Å². The van der Waals surface area contributed by atoms with Crippen molar-refractivity contribution in [2.24, 2.45) is 22.7 Å². The summed E-state index contributed by atoms with van der Waals surface area (Å²) in [5.41, 5.74) is 0.654. The number of aliphatic hydroxyl groups is 2. The van der Waals surface area contributed by atoms with E-state index in [1.807, 2.05) is 51.1 Å². The van der Waals surface area contributed by atoms with Crippen molar-refractivity contribution in [2.45, 2.75) is 78.3 Å². The minimum atomic E-state index is -1.23. The highest BCUT2D eigenvalue weighted by Gasteiger charge is 2.62. The largest absolute Gasteiger partial charge is 0.459 e.